The maximum atomic E-state index is 13.1. The third kappa shape index (κ3) is 2.05. The van der Waals surface area contributed by atoms with Gasteiger partial charge in [-0.2, -0.15) is 13.2 Å². The lowest BCUT2D eigenvalue weighted by atomic mass is 10.1. The second-order valence-corrected chi connectivity index (χ2v) is 3.60. The molecule has 0 radical (unpaired) electrons. The van der Waals surface area contributed by atoms with E-state index in [1.807, 2.05) is 0 Å². The molecular weight excluding hydrogens is 315 g/mol. The van der Waals surface area contributed by atoms with Gasteiger partial charge in [0.05, 0.1) is 11.1 Å². The highest BCUT2D eigenvalue weighted by atomic mass is 127. The van der Waals surface area contributed by atoms with Crippen LogP contribution in [0.15, 0.2) is 12.1 Å². The van der Waals surface area contributed by atoms with Crippen molar-refractivity contribution in [3.8, 4) is 0 Å². The van der Waals surface area contributed by atoms with Crippen molar-refractivity contribution in [1.29, 1.82) is 0 Å². The van der Waals surface area contributed by atoms with Crippen molar-refractivity contribution in [1.82, 2.24) is 0 Å². The number of carbonyl (C=O) groups is 1. The highest BCUT2D eigenvalue weighted by Crippen LogP contribution is 2.33. The van der Waals surface area contributed by atoms with E-state index < -0.39 is 23.1 Å². The molecule has 0 aliphatic carbocycles. The fourth-order valence-corrected chi connectivity index (χ4v) is 1.44. The van der Waals surface area contributed by atoms with E-state index in [1.165, 1.54) is 0 Å². The number of hydrogen-bond acceptors (Lipinski definition) is 1. The Hall–Kier alpha value is -0.660. The van der Waals surface area contributed by atoms with E-state index >= 15 is 0 Å². The monoisotopic (exact) mass is 318 g/mol. The largest absolute Gasteiger partial charge is 0.419 e. The molecule has 1 rings (SSSR count). The minimum atomic E-state index is -4.77. The van der Waals surface area contributed by atoms with Gasteiger partial charge in [-0.05, 0) is 34.7 Å². The summed E-state index contributed by atoms with van der Waals surface area (Å²) in [5.74, 6) is -1.51. The van der Waals surface area contributed by atoms with Crippen molar-refractivity contribution in [2.45, 2.75) is 6.18 Å². The van der Waals surface area contributed by atoms with E-state index in [0.29, 0.717) is 6.07 Å². The van der Waals surface area contributed by atoms with Crippen molar-refractivity contribution in [3.63, 3.8) is 0 Å². The number of halogens is 5. The fourth-order valence-electron chi connectivity index (χ4n) is 0.896. The molecule has 0 amide bonds. The van der Waals surface area contributed by atoms with Crippen LogP contribution in [-0.2, 0) is 6.18 Å². The molecule has 0 fully saturated rings. The number of carbonyl (C=O) groups excluding carboxylic acids is 1. The molecule has 0 aliphatic heterocycles. The molecule has 76 valence electrons. The molecule has 0 saturated heterocycles. The fraction of sp³-hybridized carbons (Fsp3) is 0.125. The average molecular weight is 318 g/mol. The number of aldehydes is 1. The summed E-state index contributed by atoms with van der Waals surface area (Å²) in [4.78, 5) is 10.3. The second-order valence-electron chi connectivity index (χ2n) is 2.44. The Morgan fingerprint density at radius 1 is 1.29 bits per heavy atom. The Bertz CT molecular complexity index is 372. The first kappa shape index (κ1) is 11.4. The van der Waals surface area contributed by atoms with Gasteiger partial charge < -0.3 is 0 Å². The molecule has 0 aromatic heterocycles. The minimum absolute atomic E-state index is 0.0757. The summed E-state index contributed by atoms with van der Waals surface area (Å²) in [6.45, 7) is 0. The van der Waals surface area contributed by atoms with Gasteiger partial charge in [0.2, 0.25) is 0 Å². The van der Waals surface area contributed by atoms with Crippen LogP contribution in [0.2, 0.25) is 0 Å². The number of benzene rings is 1. The van der Waals surface area contributed by atoms with Crippen LogP contribution in [0.25, 0.3) is 0 Å². The van der Waals surface area contributed by atoms with Crippen molar-refractivity contribution >= 4 is 28.9 Å². The van der Waals surface area contributed by atoms with E-state index in [-0.39, 0.29) is 9.86 Å². The summed E-state index contributed by atoms with van der Waals surface area (Å²) < 4.78 is 49.6. The summed E-state index contributed by atoms with van der Waals surface area (Å²) >= 11 is 1.59. The quantitative estimate of drug-likeness (QED) is 0.441. The normalized spacial score (nSPS) is 11.5. The van der Waals surface area contributed by atoms with Gasteiger partial charge in [0, 0.05) is 3.57 Å². The van der Waals surface area contributed by atoms with Crippen LogP contribution in [0.1, 0.15) is 15.9 Å². The van der Waals surface area contributed by atoms with Gasteiger partial charge in [-0.1, -0.05) is 0 Å². The predicted octanol–water partition coefficient (Wildman–Crippen LogP) is 3.26. The van der Waals surface area contributed by atoms with Crippen LogP contribution < -0.4 is 0 Å². The molecule has 0 atom stereocenters. The molecule has 0 bridgehead atoms. The van der Waals surface area contributed by atoms with Gasteiger partial charge in [-0.15, -0.1) is 0 Å². The van der Waals surface area contributed by atoms with Crippen LogP contribution >= 0.6 is 22.6 Å². The first-order valence-corrected chi connectivity index (χ1v) is 4.46. The van der Waals surface area contributed by atoms with E-state index in [1.54, 1.807) is 22.6 Å². The van der Waals surface area contributed by atoms with Gasteiger partial charge in [0.25, 0.3) is 0 Å². The maximum absolute atomic E-state index is 13.1. The van der Waals surface area contributed by atoms with Crippen molar-refractivity contribution in [2.75, 3.05) is 0 Å². The average Bonchev–Trinajstić information content (AvgIpc) is 2.02. The third-order valence-corrected chi connectivity index (χ3v) is 2.49. The second kappa shape index (κ2) is 3.84. The zero-order valence-corrected chi connectivity index (χ0v) is 8.69. The summed E-state index contributed by atoms with van der Waals surface area (Å²) in [6, 6.07) is 1.67. The molecule has 1 nitrogen and oxygen atoms in total. The van der Waals surface area contributed by atoms with Crippen LogP contribution in [0.4, 0.5) is 17.6 Å². The molecule has 1 aromatic rings. The van der Waals surface area contributed by atoms with Crippen molar-refractivity contribution in [3.05, 3.63) is 32.6 Å². The molecular formula is C8H3F4IO. The zero-order valence-electron chi connectivity index (χ0n) is 6.53. The molecule has 0 N–H and O–H groups in total. The van der Waals surface area contributed by atoms with Gasteiger partial charge in [-0.25, -0.2) is 4.39 Å². The lowest BCUT2D eigenvalue weighted by Gasteiger charge is -2.09. The molecule has 14 heavy (non-hydrogen) atoms. The maximum Gasteiger partial charge on any atom is 0.419 e. The first-order chi connectivity index (χ1) is 6.38. The van der Waals surface area contributed by atoms with Gasteiger partial charge in [0.15, 0.2) is 6.29 Å². The molecule has 6 heteroatoms. The smallest absolute Gasteiger partial charge is 0.298 e. The molecule has 0 saturated carbocycles. The Labute approximate surface area is 90.2 Å². The molecule has 1 aromatic carbocycles. The van der Waals surface area contributed by atoms with Gasteiger partial charge >= 0.3 is 6.18 Å². The SMILES string of the molecule is O=Cc1c(I)ccc(C(F)(F)F)c1F. The molecule has 0 unspecified atom stereocenters. The number of hydrogen-bond donors (Lipinski definition) is 0. The Morgan fingerprint density at radius 2 is 1.86 bits per heavy atom. The standard InChI is InChI=1S/C8H3F4IO/c9-7-4(3-14)6(13)2-1-5(7)8(10,11)12/h1-3H. The Kier molecular flexibility index (Phi) is 3.13. The van der Waals surface area contributed by atoms with E-state index in [9.17, 15) is 22.4 Å². The number of alkyl halides is 3. The van der Waals surface area contributed by atoms with Gasteiger partial charge in [-0.3, -0.25) is 4.79 Å². The summed E-state index contributed by atoms with van der Waals surface area (Å²) in [7, 11) is 0. The van der Waals surface area contributed by atoms with E-state index in [2.05, 4.69) is 0 Å². The summed E-state index contributed by atoms with van der Waals surface area (Å²) in [5.41, 5.74) is -1.97. The highest BCUT2D eigenvalue weighted by Gasteiger charge is 2.35. The molecule has 0 heterocycles. The number of rotatable bonds is 1. The summed E-state index contributed by atoms with van der Waals surface area (Å²) in [5, 5.41) is 0. The predicted molar refractivity (Wildman–Crippen MR) is 49.5 cm³/mol. The minimum Gasteiger partial charge on any atom is -0.298 e. The van der Waals surface area contributed by atoms with Crippen LogP contribution in [-0.4, -0.2) is 6.29 Å². The highest BCUT2D eigenvalue weighted by molar-refractivity contribution is 14.1. The third-order valence-electron chi connectivity index (χ3n) is 1.55. The van der Waals surface area contributed by atoms with Crippen molar-refractivity contribution in [2.24, 2.45) is 0 Å². The lowest BCUT2D eigenvalue weighted by molar-refractivity contribution is -0.140. The van der Waals surface area contributed by atoms with E-state index in [0.717, 1.165) is 6.07 Å². The Balaban J connectivity index is 3.43. The van der Waals surface area contributed by atoms with Crippen LogP contribution in [0, 0.1) is 9.39 Å². The van der Waals surface area contributed by atoms with Gasteiger partial charge in [0.1, 0.15) is 5.82 Å². The molecule has 0 spiro atoms. The zero-order chi connectivity index (χ0) is 10.9. The summed E-state index contributed by atoms with van der Waals surface area (Å²) in [6.07, 6.45) is -4.70. The lowest BCUT2D eigenvalue weighted by Crippen LogP contribution is -2.10. The topological polar surface area (TPSA) is 17.1 Å². The van der Waals surface area contributed by atoms with Crippen LogP contribution in [0.3, 0.4) is 0 Å². The first-order valence-electron chi connectivity index (χ1n) is 3.38. The Morgan fingerprint density at radius 3 is 2.29 bits per heavy atom. The molecule has 0 aliphatic rings. The van der Waals surface area contributed by atoms with Crippen LogP contribution in [0.5, 0.6) is 0 Å². The van der Waals surface area contributed by atoms with E-state index in [4.69, 9.17) is 0 Å². The van der Waals surface area contributed by atoms with Crippen molar-refractivity contribution < 1.29 is 22.4 Å².